The van der Waals surface area contributed by atoms with Crippen LogP contribution in [0.5, 0.6) is 0 Å². The number of halogens is 4. The Balaban J connectivity index is 1.95. The van der Waals surface area contributed by atoms with Gasteiger partial charge in [0.15, 0.2) is 5.69 Å². The number of nitrogens with zero attached hydrogens (tertiary/aromatic N) is 2. The van der Waals surface area contributed by atoms with E-state index < -0.39 is 29.4 Å². The van der Waals surface area contributed by atoms with Crippen molar-refractivity contribution in [1.82, 2.24) is 15.1 Å². The second-order valence-corrected chi connectivity index (χ2v) is 6.37. The summed E-state index contributed by atoms with van der Waals surface area (Å²) in [5.41, 5.74) is -1.60. The number of hydrogen-bond acceptors (Lipinski definition) is 3. The van der Waals surface area contributed by atoms with Gasteiger partial charge in [-0.25, -0.2) is 4.68 Å². The van der Waals surface area contributed by atoms with E-state index in [0.717, 1.165) is 6.20 Å². The Hall–Kier alpha value is -2.74. The molecular formula is C18H15ClF3N3O2. The maximum absolute atomic E-state index is 13.6. The van der Waals surface area contributed by atoms with Gasteiger partial charge in [0.25, 0.3) is 5.91 Å². The third-order valence-electron chi connectivity index (χ3n) is 3.89. The molecule has 27 heavy (non-hydrogen) atoms. The zero-order chi connectivity index (χ0) is 19.8. The van der Waals surface area contributed by atoms with Crippen molar-refractivity contribution in [1.29, 1.82) is 0 Å². The molecule has 1 unspecified atom stereocenters. The van der Waals surface area contributed by atoms with Crippen LogP contribution in [-0.4, -0.2) is 15.7 Å². The lowest BCUT2D eigenvalue weighted by molar-refractivity contribution is -0.143. The molecule has 142 valence electrons. The van der Waals surface area contributed by atoms with Crippen LogP contribution in [0, 0.1) is 6.92 Å². The predicted molar refractivity (Wildman–Crippen MR) is 92.9 cm³/mol. The van der Waals surface area contributed by atoms with Crippen molar-refractivity contribution >= 4 is 17.5 Å². The summed E-state index contributed by atoms with van der Waals surface area (Å²) in [6, 6.07) is 8.42. The zero-order valence-corrected chi connectivity index (χ0v) is 15.1. The molecule has 0 aliphatic rings. The number of aryl methyl sites for hydroxylation is 1. The summed E-state index contributed by atoms with van der Waals surface area (Å²) in [5.74, 6) is 0.182. The van der Waals surface area contributed by atoms with Gasteiger partial charge in [0.1, 0.15) is 11.5 Å². The van der Waals surface area contributed by atoms with E-state index in [0.29, 0.717) is 21.2 Å². The van der Waals surface area contributed by atoms with E-state index in [4.69, 9.17) is 16.0 Å². The Morgan fingerprint density at radius 3 is 2.44 bits per heavy atom. The largest absolute Gasteiger partial charge is 0.464 e. The third-order valence-corrected chi connectivity index (χ3v) is 4.14. The van der Waals surface area contributed by atoms with Crippen molar-refractivity contribution < 1.29 is 22.4 Å². The van der Waals surface area contributed by atoms with Gasteiger partial charge in [-0.05, 0) is 50.2 Å². The lowest BCUT2D eigenvalue weighted by Crippen LogP contribution is -2.28. The molecular weight excluding hydrogens is 383 g/mol. The van der Waals surface area contributed by atoms with Gasteiger partial charge in [0, 0.05) is 5.02 Å². The van der Waals surface area contributed by atoms with Crippen LogP contribution in [0.2, 0.25) is 5.02 Å². The van der Waals surface area contributed by atoms with E-state index in [9.17, 15) is 18.0 Å². The quantitative estimate of drug-likeness (QED) is 0.678. The molecule has 0 saturated carbocycles. The first-order valence-corrected chi connectivity index (χ1v) is 8.33. The van der Waals surface area contributed by atoms with Crippen molar-refractivity contribution in [3.63, 3.8) is 0 Å². The summed E-state index contributed by atoms with van der Waals surface area (Å²) in [7, 11) is 0. The average Bonchev–Trinajstić information content (AvgIpc) is 3.21. The fraction of sp³-hybridized carbons (Fsp3) is 0.222. The first-order chi connectivity index (χ1) is 12.7. The normalized spacial score (nSPS) is 12.8. The van der Waals surface area contributed by atoms with Crippen LogP contribution >= 0.6 is 11.6 Å². The molecule has 1 N–H and O–H groups in total. The smallest absolute Gasteiger partial charge is 0.434 e. The predicted octanol–water partition coefficient (Wildman–Crippen LogP) is 4.94. The molecule has 0 aliphatic carbocycles. The van der Waals surface area contributed by atoms with Gasteiger partial charge in [0.05, 0.1) is 23.5 Å². The van der Waals surface area contributed by atoms with Gasteiger partial charge in [-0.15, -0.1) is 0 Å². The van der Waals surface area contributed by atoms with Crippen LogP contribution in [0.15, 0.2) is 47.0 Å². The SMILES string of the molecule is Cc1ccc(C(C)NC(=O)c2cnn(-c3ccc(Cl)cc3)c2C(F)(F)F)o1. The molecule has 0 fully saturated rings. The van der Waals surface area contributed by atoms with Crippen molar-refractivity contribution in [2.45, 2.75) is 26.1 Å². The number of nitrogens with one attached hydrogen (secondary N) is 1. The summed E-state index contributed by atoms with van der Waals surface area (Å²) in [4.78, 5) is 12.5. The Kier molecular flexibility index (Phi) is 5.01. The molecule has 0 radical (unpaired) electrons. The van der Waals surface area contributed by atoms with Crippen LogP contribution in [0.1, 0.15) is 40.5 Å². The molecule has 1 aromatic carbocycles. The number of rotatable bonds is 4. The summed E-state index contributed by atoms with van der Waals surface area (Å²) in [5, 5.41) is 6.64. The van der Waals surface area contributed by atoms with E-state index >= 15 is 0 Å². The van der Waals surface area contributed by atoms with Gasteiger partial charge >= 0.3 is 6.18 Å². The number of alkyl halides is 3. The molecule has 0 spiro atoms. The Bertz CT molecular complexity index is 961. The van der Waals surface area contributed by atoms with E-state index in [1.165, 1.54) is 24.3 Å². The van der Waals surface area contributed by atoms with E-state index in [-0.39, 0.29) is 5.69 Å². The molecule has 0 saturated heterocycles. The molecule has 3 aromatic rings. The van der Waals surface area contributed by atoms with Crippen LogP contribution < -0.4 is 5.32 Å². The van der Waals surface area contributed by atoms with Gasteiger partial charge in [-0.1, -0.05) is 11.6 Å². The summed E-state index contributed by atoms with van der Waals surface area (Å²) >= 11 is 5.78. The fourth-order valence-electron chi connectivity index (χ4n) is 2.60. The average molecular weight is 398 g/mol. The minimum absolute atomic E-state index is 0.139. The number of benzene rings is 1. The van der Waals surface area contributed by atoms with Crippen LogP contribution in [0.3, 0.4) is 0 Å². The summed E-state index contributed by atoms with van der Waals surface area (Å²) in [6.07, 6.45) is -3.89. The van der Waals surface area contributed by atoms with Crippen LogP contribution in [0.4, 0.5) is 13.2 Å². The Morgan fingerprint density at radius 2 is 1.89 bits per heavy atom. The lowest BCUT2D eigenvalue weighted by Gasteiger charge is -2.15. The molecule has 3 rings (SSSR count). The van der Waals surface area contributed by atoms with Crippen molar-refractivity contribution in [2.75, 3.05) is 0 Å². The molecule has 0 bridgehead atoms. The lowest BCUT2D eigenvalue weighted by atomic mass is 10.2. The Morgan fingerprint density at radius 1 is 1.22 bits per heavy atom. The topological polar surface area (TPSA) is 60.1 Å². The highest BCUT2D eigenvalue weighted by Gasteiger charge is 2.40. The van der Waals surface area contributed by atoms with Gasteiger partial charge in [-0.2, -0.15) is 18.3 Å². The number of hydrogen-bond donors (Lipinski definition) is 1. The van der Waals surface area contributed by atoms with E-state index in [1.807, 2.05) is 0 Å². The van der Waals surface area contributed by atoms with Crippen molar-refractivity contribution in [2.24, 2.45) is 0 Å². The minimum Gasteiger partial charge on any atom is -0.464 e. The fourth-order valence-corrected chi connectivity index (χ4v) is 2.72. The number of furan rings is 1. The molecule has 2 aromatic heterocycles. The molecule has 5 nitrogen and oxygen atoms in total. The summed E-state index contributed by atoms with van der Waals surface area (Å²) < 4.78 is 47.0. The van der Waals surface area contributed by atoms with Gasteiger partial charge in [0.2, 0.25) is 0 Å². The summed E-state index contributed by atoms with van der Waals surface area (Å²) in [6.45, 7) is 3.35. The first kappa shape index (κ1) is 19.0. The highest BCUT2D eigenvalue weighted by Crippen LogP contribution is 2.34. The van der Waals surface area contributed by atoms with Gasteiger partial charge in [-0.3, -0.25) is 4.79 Å². The van der Waals surface area contributed by atoms with Crippen molar-refractivity contribution in [3.05, 3.63) is 70.4 Å². The number of carbonyl (C=O) groups excluding carboxylic acids is 1. The molecule has 0 aliphatic heterocycles. The Labute approximate surface area is 157 Å². The monoisotopic (exact) mass is 397 g/mol. The second kappa shape index (κ2) is 7.11. The highest BCUT2D eigenvalue weighted by molar-refractivity contribution is 6.30. The number of carbonyl (C=O) groups is 1. The molecule has 1 atom stereocenters. The first-order valence-electron chi connectivity index (χ1n) is 7.95. The van der Waals surface area contributed by atoms with E-state index in [1.54, 1.807) is 26.0 Å². The second-order valence-electron chi connectivity index (χ2n) is 5.94. The standard InChI is InChI=1S/C18H15ClF3N3O2/c1-10-3-8-15(27-10)11(2)24-17(26)14-9-23-25(16(14)18(20,21)22)13-6-4-12(19)5-7-13/h3-9,11H,1-2H3,(H,24,26). The number of amides is 1. The number of aromatic nitrogens is 2. The van der Waals surface area contributed by atoms with E-state index in [2.05, 4.69) is 10.4 Å². The maximum Gasteiger partial charge on any atom is 0.434 e. The van der Waals surface area contributed by atoms with Crippen molar-refractivity contribution in [3.8, 4) is 5.69 Å². The van der Waals surface area contributed by atoms with Crippen LogP contribution in [0.25, 0.3) is 5.69 Å². The molecule has 9 heteroatoms. The maximum atomic E-state index is 13.6. The third kappa shape index (κ3) is 4.00. The molecule has 2 heterocycles. The minimum atomic E-state index is -4.78. The van der Waals surface area contributed by atoms with Gasteiger partial charge < -0.3 is 9.73 Å². The zero-order valence-electron chi connectivity index (χ0n) is 14.3. The highest BCUT2D eigenvalue weighted by atomic mass is 35.5. The van der Waals surface area contributed by atoms with Crippen LogP contribution in [-0.2, 0) is 6.18 Å². The molecule has 1 amide bonds.